The van der Waals surface area contributed by atoms with Gasteiger partial charge in [0, 0.05) is 22.2 Å². The molecule has 3 nitrogen and oxygen atoms in total. The summed E-state index contributed by atoms with van der Waals surface area (Å²) in [4.78, 5) is 0. The average Bonchev–Trinajstić information content (AvgIpc) is 2.25. The van der Waals surface area contributed by atoms with Crippen molar-refractivity contribution in [1.82, 2.24) is 0 Å². The van der Waals surface area contributed by atoms with Crippen LogP contribution in [0.5, 0.6) is 11.5 Å². The molecule has 0 heterocycles. The molecule has 18 heavy (non-hydrogen) atoms. The van der Waals surface area contributed by atoms with Crippen molar-refractivity contribution < 1.29 is 13.9 Å². The average molecular weight is 255 g/mol. The predicted molar refractivity (Wildman–Crippen MR) is 70.9 cm³/mol. The second-order valence-corrected chi connectivity index (χ2v) is 5.27. The Bertz CT molecular complexity index is 450. The molecule has 0 unspecified atom stereocenters. The lowest BCUT2D eigenvalue weighted by Gasteiger charge is -2.24. The fraction of sp³-hybridized carbons (Fsp3) is 0.571. The quantitative estimate of drug-likeness (QED) is 0.899. The Hall–Kier alpha value is -1.29. The van der Waals surface area contributed by atoms with Gasteiger partial charge in [-0.05, 0) is 34.1 Å². The zero-order valence-electron chi connectivity index (χ0n) is 12.0. The molecule has 0 spiro atoms. The Morgan fingerprint density at radius 2 is 1.56 bits per heavy atom. The molecule has 0 radical (unpaired) electrons. The largest absolute Gasteiger partial charge is 0.496 e. The van der Waals surface area contributed by atoms with Crippen molar-refractivity contribution in [2.24, 2.45) is 5.73 Å². The van der Waals surface area contributed by atoms with E-state index < -0.39 is 5.54 Å². The van der Waals surface area contributed by atoms with E-state index >= 15 is 0 Å². The van der Waals surface area contributed by atoms with Crippen LogP contribution < -0.4 is 15.2 Å². The summed E-state index contributed by atoms with van der Waals surface area (Å²) in [6.07, 6.45) is 0.597. The van der Waals surface area contributed by atoms with E-state index in [4.69, 9.17) is 15.2 Å². The summed E-state index contributed by atoms with van der Waals surface area (Å²) in [6, 6.07) is 0. The number of hydrogen-bond acceptors (Lipinski definition) is 3. The Morgan fingerprint density at radius 1 is 1.06 bits per heavy atom. The van der Waals surface area contributed by atoms with E-state index in [2.05, 4.69) is 0 Å². The Balaban J connectivity index is 3.52. The maximum atomic E-state index is 14.1. The maximum Gasteiger partial charge on any atom is 0.171 e. The summed E-state index contributed by atoms with van der Waals surface area (Å²) in [5.74, 6) is 0.460. The maximum absolute atomic E-state index is 14.1. The lowest BCUT2D eigenvalue weighted by Crippen LogP contribution is -2.35. The molecular formula is C14H22FNO2. The normalized spacial score (nSPS) is 11.6. The zero-order valence-corrected chi connectivity index (χ0v) is 12.0. The molecule has 2 N–H and O–H groups in total. The molecule has 0 amide bonds. The molecule has 0 bridgehead atoms. The fourth-order valence-corrected chi connectivity index (χ4v) is 2.16. The first kappa shape index (κ1) is 14.8. The van der Waals surface area contributed by atoms with Crippen LogP contribution in [0.25, 0.3) is 0 Å². The van der Waals surface area contributed by atoms with Gasteiger partial charge < -0.3 is 15.2 Å². The van der Waals surface area contributed by atoms with Crippen LogP contribution in [-0.4, -0.2) is 19.8 Å². The predicted octanol–water partition coefficient (Wildman–Crippen LogP) is 2.74. The van der Waals surface area contributed by atoms with Crippen molar-refractivity contribution in [3.05, 3.63) is 22.5 Å². The van der Waals surface area contributed by atoms with Crippen molar-refractivity contribution in [1.29, 1.82) is 0 Å². The van der Waals surface area contributed by atoms with Crippen LogP contribution >= 0.6 is 0 Å². The first-order valence-electron chi connectivity index (χ1n) is 5.91. The van der Waals surface area contributed by atoms with Gasteiger partial charge in [-0.3, -0.25) is 0 Å². The summed E-state index contributed by atoms with van der Waals surface area (Å²) < 4.78 is 24.6. The Kier molecular flexibility index (Phi) is 4.22. The fourth-order valence-electron chi connectivity index (χ4n) is 2.16. The van der Waals surface area contributed by atoms with E-state index in [-0.39, 0.29) is 11.6 Å². The van der Waals surface area contributed by atoms with E-state index in [1.807, 2.05) is 20.8 Å². The first-order chi connectivity index (χ1) is 8.22. The van der Waals surface area contributed by atoms with Gasteiger partial charge in [0.25, 0.3) is 0 Å². The van der Waals surface area contributed by atoms with Gasteiger partial charge in [0.1, 0.15) is 5.75 Å². The van der Waals surface area contributed by atoms with Gasteiger partial charge in [0.15, 0.2) is 11.6 Å². The van der Waals surface area contributed by atoms with Crippen LogP contribution in [0, 0.1) is 19.7 Å². The van der Waals surface area contributed by atoms with Crippen LogP contribution in [0.2, 0.25) is 0 Å². The molecule has 0 fully saturated rings. The lowest BCUT2D eigenvalue weighted by atomic mass is 9.90. The number of methoxy groups -OCH3 is 2. The van der Waals surface area contributed by atoms with Crippen molar-refractivity contribution in [2.75, 3.05) is 14.2 Å². The van der Waals surface area contributed by atoms with Gasteiger partial charge in [-0.25, -0.2) is 4.39 Å². The highest BCUT2D eigenvalue weighted by atomic mass is 19.1. The number of rotatable bonds is 4. The van der Waals surface area contributed by atoms with E-state index in [9.17, 15) is 4.39 Å². The van der Waals surface area contributed by atoms with Crippen LogP contribution in [0.15, 0.2) is 0 Å². The Labute approximate surface area is 108 Å². The Morgan fingerprint density at radius 3 is 1.94 bits per heavy atom. The van der Waals surface area contributed by atoms with Crippen LogP contribution in [0.3, 0.4) is 0 Å². The minimum atomic E-state index is -0.396. The van der Waals surface area contributed by atoms with E-state index in [1.54, 1.807) is 14.0 Å². The van der Waals surface area contributed by atoms with Crippen molar-refractivity contribution in [3.8, 4) is 11.5 Å². The SMILES string of the molecule is COc1c(C)c(CC(C)(C)N)c(OC)c(C)c1F. The molecular weight excluding hydrogens is 233 g/mol. The summed E-state index contributed by atoms with van der Waals surface area (Å²) in [5, 5.41) is 0. The van der Waals surface area contributed by atoms with Crippen LogP contribution in [0.1, 0.15) is 30.5 Å². The third-order valence-corrected chi connectivity index (χ3v) is 2.98. The second kappa shape index (κ2) is 5.14. The minimum absolute atomic E-state index is 0.271. The highest BCUT2D eigenvalue weighted by molar-refractivity contribution is 5.54. The molecule has 0 saturated carbocycles. The molecule has 102 valence electrons. The van der Waals surface area contributed by atoms with E-state index in [0.717, 1.165) is 11.1 Å². The molecule has 1 aromatic rings. The third-order valence-electron chi connectivity index (χ3n) is 2.98. The summed E-state index contributed by atoms with van der Waals surface area (Å²) in [6.45, 7) is 7.36. The van der Waals surface area contributed by atoms with Gasteiger partial charge in [-0.2, -0.15) is 0 Å². The number of benzene rings is 1. The summed E-state index contributed by atoms with van der Waals surface area (Å²) in [7, 11) is 3.01. The van der Waals surface area contributed by atoms with E-state index in [1.165, 1.54) is 7.11 Å². The smallest absolute Gasteiger partial charge is 0.171 e. The summed E-state index contributed by atoms with van der Waals surface area (Å²) in [5.41, 5.74) is 7.76. The highest BCUT2D eigenvalue weighted by Gasteiger charge is 2.24. The molecule has 0 aliphatic carbocycles. The van der Waals surface area contributed by atoms with Gasteiger partial charge >= 0.3 is 0 Å². The number of hydrogen-bond donors (Lipinski definition) is 1. The first-order valence-corrected chi connectivity index (χ1v) is 5.91. The topological polar surface area (TPSA) is 44.5 Å². The third kappa shape index (κ3) is 2.75. The van der Waals surface area contributed by atoms with Crippen molar-refractivity contribution >= 4 is 0 Å². The number of halogens is 1. The molecule has 0 aliphatic heterocycles. The summed E-state index contributed by atoms with van der Waals surface area (Å²) >= 11 is 0. The molecule has 0 atom stereocenters. The van der Waals surface area contributed by atoms with Crippen molar-refractivity contribution in [2.45, 2.75) is 39.7 Å². The van der Waals surface area contributed by atoms with Gasteiger partial charge in [0.05, 0.1) is 14.2 Å². The van der Waals surface area contributed by atoms with E-state index in [0.29, 0.717) is 17.7 Å². The van der Waals surface area contributed by atoms with Gasteiger partial charge in [-0.1, -0.05) is 0 Å². The van der Waals surface area contributed by atoms with Gasteiger partial charge in [0.2, 0.25) is 0 Å². The number of nitrogens with two attached hydrogens (primary N) is 1. The highest BCUT2D eigenvalue weighted by Crippen LogP contribution is 2.38. The molecule has 1 rings (SSSR count). The second-order valence-electron chi connectivity index (χ2n) is 5.27. The minimum Gasteiger partial charge on any atom is -0.496 e. The number of ether oxygens (including phenoxy) is 2. The molecule has 1 aromatic carbocycles. The molecule has 4 heteroatoms. The molecule has 0 aromatic heterocycles. The van der Waals surface area contributed by atoms with Crippen LogP contribution in [-0.2, 0) is 6.42 Å². The van der Waals surface area contributed by atoms with Crippen molar-refractivity contribution in [3.63, 3.8) is 0 Å². The molecule has 0 saturated heterocycles. The zero-order chi connectivity index (χ0) is 14.1. The van der Waals surface area contributed by atoms with Crippen LogP contribution in [0.4, 0.5) is 4.39 Å². The standard InChI is InChI=1S/C14H22FNO2/c1-8-10(7-14(3,4)16)12(17-5)9(2)11(15)13(8)18-6/h7,16H2,1-6H3. The monoisotopic (exact) mass is 255 g/mol. The lowest BCUT2D eigenvalue weighted by molar-refractivity contribution is 0.364. The molecule has 0 aliphatic rings. The van der Waals surface area contributed by atoms with Gasteiger partial charge in [-0.15, -0.1) is 0 Å².